The second kappa shape index (κ2) is 9.30. The zero-order valence-electron chi connectivity index (χ0n) is 17.2. The molecule has 2 heterocycles. The minimum atomic E-state index is -4.85. The van der Waals surface area contributed by atoms with E-state index in [0.29, 0.717) is 16.7 Å². The third kappa shape index (κ3) is 5.37. The number of aromatic amines is 1. The van der Waals surface area contributed by atoms with Gasteiger partial charge in [0.1, 0.15) is 11.6 Å². The highest BCUT2D eigenvalue weighted by molar-refractivity contribution is 5.97. The minimum Gasteiger partial charge on any atom is -0.406 e. The maximum atomic E-state index is 14.5. The molecule has 0 radical (unpaired) electrons. The average molecular weight is 473 g/mol. The molecule has 174 valence electrons. The zero-order chi connectivity index (χ0) is 24.3. The van der Waals surface area contributed by atoms with Gasteiger partial charge >= 0.3 is 12.1 Å². The molecule has 11 heteroatoms. The number of hydrogen-bond acceptors (Lipinski definition) is 6. The number of rotatable bonds is 7. The number of aromatic nitrogens is 3. The molecule has 0 amide bonds. The highest BCUT2D eigenvalue weighted by Gasteiger charge is 2.31. The molecule has 2 aromatic carbocycles. The van der Waals surface area contributed by atoms with Crippen molar-refractivity contribution in [1.82, 2.24) is 15.1 Å². The van der Waals surface area contributed by atoms with Crippen molar-refractivity contribution in [2.75, 3.05) is 0 Å². The summed E-state index contributed by atoms with van der Waals surface area (Å²) in [6, 6.07) is 13.6. The number of halogens is 4. The van der Waals surface area contributed by atoms with E-state index in [9.17, 15) is 27.2 Å². The Bertz CT molecular complexity index is 1350. The highest BCUT2D eigenvalue weighted by atomic mass is 19.4. The lowest BCUT2D eigenvalue weighted by Crippen LogP contribution is -2.17. The summed E-state index contributed by atoms with van der Waals surface area (Å²) in [5.74, 6) is -2.84. The average Bonchev–Trinajstić information content (AvgIpc) is 3.24. The van der Waals surface area contributed by atoms with Gasteiger partial charge in [-0.25, -0.2) is 9.18 Å². The smallest absolute Gasteiger partial charge is 0.406 e. The molecule has 0 fully saturated rings. The number of benzene rings is 2. The van der Waals surface area contributed by atoms with Crippen LogP contribution >= 0.6 is 0 Å². The molecule has 0 aliphatic carbocycles. The van der Waals surface area contributed by atoms with Gasteiger partial charge in [-0.05, 0) is 29.8 Å². The summed E-state index contributed by atoms with van der Waals surface area (Å²) in [6.45, 7) is 0. The first-order chi connectivity index (χ1) is 16.2. The maximum Gasteiger partial charge on any atom is 0.573 e. The van der Waals surface area contributed by atoms with Gasteiger partial charge < -0.3 is 4.74 Å². The Morgan fingerprint density at radius 3 is 2.35 bits per heavy atom. The molecule has 0 aliphatic rings. The lowest BCUT2D eigenvalue weighted by molar-refractivity contribution is -0.274. The van der Waals surface area contributed by atoms with Crippen LogP contribution in [0.1, 0.15) is 34.0 Å². The molecule has 0 spiro atoms. The quantitative estimate of drug-likeness (QED) is 0.304. The van der Waals surface area contributed by atoms with Crippen LogP contribution in [0.4, 0.5) is 17.6 Å². The van der Waals surface area contributed by atoms with Gasteiger partial charge in [0.25, 0.3) is 0 Å². The van der Waals surface area contributed by atoms with Crippen molar-refractivity contribution in [3.8, 4) is 17.1 Å². The van der Waals surface area contributed by atoms with E-state index in [-0.39, 0.29) is 23.7 Å². The summed E-state index contributed by atoms with van der Waals surface area (Å²) >= 11 is 0. The van der Waals surface area contributed by atoms with Crippen molar-refractivity contribution in [3.63, 3.8) is 0 Å². The number of carbonyl (C=O) groups is 1. The number of ketones is 1. The minimum absolute atomic E-state index is 0.0165. The van der Waals surface area contributed by atoms with Crippen molar-refractivity contribution in [2.24, 2.45) is 0 Å². The first-order valence-electron chi connectivity index (χ1n) is 9.85. The van der Waals surface area contributed by atoms with Crippen molar-refractivity contribution < 1.29 is 31.6 Å². The van der Waals surface area contributed by atoms with Crippen molar-refractivity contribution in [3.05, 3.63) is 100 Å². The van der Waals surface area contributed by atoms with Crippen molar-refractivity contribution in [2.45, 2.75) is 18.7 Å². The zero-order valence-corrected chi connectivity index (χ0v) is 17.2. The number of carbonyl (C=O) groups excluding carboxylic acids is 1. The molecule has 4 aromatic rings. The molecule has 7 nitrogen and oxygen atoms in total. The third-order valence-corrected chi connectivity index (χ3v) is 4.94. The Balaban J connectivity index is 1.60. The van der Waals surface area contributed by atoms with Crippen LogP contribution in [0.25, 0.3) is 11.4 Å². The summed E-state index contributed by atoms with van der Waals surface area (Å²) in [4.78, 5) is 30.6. The number of alkyl halides is 3. The second-order valence-corrected chi connectivity index (χ2v) is 7.19. The van der Waals surface area contributed by atoms with Crippen LogP contribution in [0.5, 0.6) is 5.75 Å². The third-order valence-electron chi connectivity index (χ3n) is 4.94. The number of Topliss-reactive ketones (excluding diaryl/α,β-unsaturated/α-hetero) is 1. The summed E-state index contributed by atoms with van der Waals surface area (Å²) in [5, 5.41) is 3.57. The van der Waals surface area contributed by atoms with Gasteiger partial charge in [-0.2, -0.15) is 0 Å². The van der Waals surface area contributed by atoms with E-state index in [1.807, 2.05) is 0 Å². The molecule has 34 heavy (non-hydrogen) atoms. The van der Waals surface area contributed by atoms with Gasteiger partial charge in [0.15, 0.2) is 11.6 Å². The molecule has 0 saturated heterocycles. The first-order valence-corrected chi connectivity index (χ1v) is 9.85. The molecule has 1 atom stereocenters. The van der Waals surface area contributed by atoms with Crippen LogP contribution in [0.2, 0.25) is 0 Å². The molecular weight excluding hydrogens is 458 g/mol. The van der Waals surface area contributed by atoms with Crippen LogP contribution in [-0.4, -0.2) is 27.3 Å². The lowest BCUT2D eigenvalue weighted by atomic mass is 9.88. The first kappa shape index (κ1) is 22.9. The van der Waals surface area contributed by atoms with Crippen LogP contribution in [-0.2, 0) is 0 Å². The number of H-pyrrole nitrogens is 1. The largest absolute Gasteiger partial charge is 0.573 e. The van der Waals surface area contributed by atoms with Crippen molar-refractivity contribution >= 4 is 5.78 Å². The van der Waals surface area contributed by atoms with E-state index in [1.54, 1.807) is 12.1 Å². The Morgan fingerprint density at radius 2 is 1.76 bits per heavy atom. The molecule has 0 saturated carbocycles. The summed E-state index contributed by atoms with van der Waals surface area (Å²) < 4.78 is 60.2. The summed E-state index contributed by atoms with van der Waals surface area (Å²) in [7, 11) is 0. The van der Waals surface area contributed by atoms with Gasteiger partial charge in [0.05, 0.1) is 5.69 Å². The molecule has 4 rings (SSSR count). The van der Waals surface area contributed by atoms with Crippen LogP contribution < -0.4 is 10.5 Å². The fourth-order valence-corrected chi connectivity index (χ4v) is 3.40. The summed E-state index contributed by atoms with van der Waals surface area (Å²) in [6.07, 6.45) is -3.69. The highest BCUT2D eigenvalue weighted by Crippen LogP contribution is 2.32. The van der Waals surface area contributed by atoms with Gasteiger partial charge in [-0.3, -0.25) is 19.3 Å². The van der Waals surface area contributed by atoms with Crippen LogP contribution in [0.15, 0.2) is 76.2 Å². The van der Waals surface area contributed by atoms with E-state index in [1.165, 1.54) is 42.6 Å². The summed E-state index contributed by atoms with van der Waals surface area (Å²) in [5.41, 5.74) is 1.18. The number of nitrogens with zero attached hydrogens (tertiary/aromatic N) is 2. The van der Waals surface area contributed by atoms with E-state index < -0.39 is 29.6 Å². The molecule has 0 unspecified atom stereocenters. The lowest BCUT2D eigenvalue weighted by Gasteiger charge is -2.18. The molecule has 1 N–H and O–H groups in total. The van der Waals surface area contributed by atoms with E-state index in [2.05, 4.69) is 24.4 Å². The van der Waals surface area contributed by atoms with Gasteiger partial charge in [-0.15, -0.1) is 13.2 Å². The topological polar surface area (TPSA) is 98.1 Å². The predicted molar refractivity (Wildman–Crippen MR) is 111 cm³/mol. The SMILES string of the molecule is O=C(C[C@@H](c1ccc(OC(F)(F)F)cc1)c1ncccc1F)c1ccc(-c2noc(=O)[nH]2)cc1. The maximum absolute atomic E-state index is 14.5. The fraction of sp³-hybridized carbons (Fsp3) is 0.130. The molecule has 0 bridgehead atoms. The molecule has 0 aliphatic heterocycles. The van der Waals surface area contributed by atoms with Crippen LogP contribution in [0, 0.1) is 5.82 Å². The number of nitrogens with one attached hydrogen (secondary N) is 1. The number of ether oxygens (including phenoxy) is 1. The Hall–Kier alpha value is -4.28. The van der Waals surface area contributed by atoms with E-state index in [4.69, 9.17) is 0 Å². The fourth-order valence-electron chi connectivity index (χ4n) is 3.40. The predicted octanol–water partition coefficient (Wildman–Crippen LogP) is 4.87. The van der Waals surface area contributed by atoms with Crippen LogP contribution in [0.3, 0.4) is 0 Å². The monoisotopic (exact) mass is 473 g/mol. The van der Waals surface area contributed by atoms with Crippen molar-refractivity contribution in [1.29, 1.82) is 0 Å². The second-order valence-electron chi connectivity index (χ2n) is 7.19. The normalized spacial score (nSPS) is 12.4. The standard InChI is InChI=1S/C23H15F4N3O4/c24-18-2-1-11-28-20(18)17(13-7-9-16(10-8-13)33-23(25,26)27)12-19(31)14-3-5-15(6-4-14)21-29-22(32)34-30-21/h1-11,17H,12H2,(H,29,30,32)/t17-/m0/s1. The molecule has 2 aromatic heterocycles. The van der Waals surface area contributed by atoms with E-state index in [0.717, 1.165) is 12.1 Å². The Morgan fingerprint density at radius 1 is 1.06 bits per heavy atom. The van der Waals surface area contributed by atoms with E-state index >= 15 is 0 Å². The number of pyridine rings is 1. The van der Waals surface area contributed by atoms with Gasteiger partial charge in [0, 0.05) is 29.7 Å². The van der Waals surface area contributed by atoms with Gasteiger partial charge in [0.2, 0.25) is 0 Å². The number of hydrogen-bond donors (Lipinski definition) is 1. The molecular formula is C23H15F4N3O4. The van der Waals surface area contributed by atoms with Gasteiger partial charge in [-0.1, -0.05) is 41.6 Å². The Kier molecular flexibility index (Phi) is 6.26. The Labute approximate surface area is 189 Å².